The van der Waals surface area contributed by atoms with Gasteiger partial charge in [0.1, 0.15) is 5.75 Å². The largest absolute Gasteiger partial charge is 0.491 e. The van der Waals surface area contributed by atoms with Crippen LogP contribution in [0.25, 0.3) is 0 Å². The van der Waals surface area contributed by atoms with E-state index in [1.807, 2.05) is 0 Å². The lowest BCUT2D eigenvalue weighted by Gasteiger charge is -2.15. The fourth-order valence-corrected chi connectivity index (χ4v) is 2.40. The molecule has 0 unspecified atom stereocenters. The molecule has 0 aromatic heterocycles. The molecule has 5 heteroatoms. The molecular weight excluding hydrogens is 256 g/mol. The van der Waals surface area contributed by atoms with E-state index in [2.05, 4.69) is 9.64 Å². The first-order valence-electron chi connectivity index (χ1n) is 7.03. The molecule has 1 heterocycles. The Hall–Kier alpha value is -1.75. The van der Waals surface area contributed by atoms with Crippen LogP contribution >= 0.6 is 0 Å². The summed E-state index contributed by atoms with van der Waals surface area (Å²) < 4.78 is 10.3. The van der Waals surface area contributed by atoms with Crippen molar-refractivity contribution in [2.75, 3.05) is 39.1 Å². The predicted molar refractivity (Wildman–Crippen MR) is 78.0 cm³/mol. The number of rotatable bonds is 6. The molecule has 0 aliphatic carbocycles. The van der Waals surface area contributed by atoms with Crippen molar-refractivity contribution in [1.82, 2.24) is 4.90 Å². The molecule has 0 atom stereocenters. The molecule has 1 fully saturated rings. The molecule has 1 saturated heterocycles. The van der Waals surface area contributed by atoms with Crippen LogP contribution < -0.4 is 10.5 Å². The summed E-state index contributed by atoms with van der Waals surface area (Å²) >= 11 is 0. The topological polar surface area (TPSA) is 64.8 Å². The minimum absolute atomic E-state index is 0.391. The number of methoxy groups -OCH3 is 1. The summed E-state index contributed by atoms with van der Waals surface area (Å²) in [5.41, 5.74) is 6.78. The highest BCUT2D eigenvalue weighted by atomic mass is 16.5. The molecule has 1 aliphatic heterocycles. The van der Waals surface area contributed by atoms with E-state index in [0.717, 1.165) is 13.0 Å². The number of benzene rings is 1. The molecule has 1 aromatic rings. The van der Waals surface area contributed by atoms with E-state index in [9.17, 15) is 4.79 Å². The molecule has 2 rings (SSSR count). The number of nitrogen functional groups attached to an aromatic ring is 1. The van der Waals surface area contributed by atoms with Gasteiger partial charge < -0.3 is 20.1 Å². The van der Waals surface area contributed by atoms with Crippen molar-refractivity contribution < 1.29 is 14.3 Å². The average Bonchev–Trinajstić information content (AvgIpc) is 2.97. The zero-order chi connectivity index (χ0) is 14.4. The Morgan fingerprint density at radius 2 is 2.10 bits per heavy atom. The number of nitrogens with zero attached hydrogens (tertiary/aromatic N) is 1. The molecule has 0 radical (unpaired) electrons. The lowest BCUT2D eigenvalue weighted by atomic mass is 10.2. The second-order valence-corrected chi connectivity index (χ2v) is 4.99. The number of nitrogens with two attached hydrogens (primary N) is 1. The van der Waals surface area contributed by atoms with Gasteiger partial charge >= 0.3 is 5.97 Å². The Morgan fingerprint density at radius 1 is 1.35 bits per heavy atom. The van der Waals surface area contributed by atoms with Crippen LogP contribution in [0.1, 0.15) is 29.6 Å². The van der Waals surface area contributed by atoms with Gasteiger partial charge in [-0.2, -0.15) is 0 Å². The van der Waals surface area contributed by atoms with E-state index in [0.29, 0.717) is 23.6 Å². The van der Waals surface area contributed by atoms with Crippen LogP contribution in [0.5, 0.6) is 5.75 Å². The second kappa shape index (κ2) is 7.14. The number of likely N-dealkylation sites (tertiary alicyclic amines) is 1. The number of hydrogen-bond acceptors (Lipinski definition) is 5. The molecule has 0 bridgehead atoms. The third-order valence-electron chi connectivity index (χ3n) is 3.51. The van der Waals surface area contributed by atoms with Gasteiger partial charge in [-0.05, 0) is 50.6 Å². The third kappa shape index (κ3) is 3.87. The van der Waals surface area contributed by atoms with E-state index < -0.39 is 5.97 Å². The van der Waals surface area contributed by atoms with Crippen molar-refractivity contribution in [2.45, 2.75) is 19.3 Å². The van der Waals surface area contributed by atoms with E-state index in [4.69, 9.17) is 10.5 Å². The van der Waals surface area contributed by atoms with Gasteiger partial charge in [0.2, 0.25) is 0 Å². The van der Waals surface area contributed by atoms with Gasteiger partial charge in [0.15, 0.2) is 0 Å². The minimum atomic E-state index is -0.391. The fraction of sp³-hybridized carbons (Fsp3) is 0.533. The van der Waals surface area contributed by atoms with Crippen LogP contribution in [-0.4, -0.2) is 44.2 Å². The number of carbonyl (C=O) groups excluding carboxylic acids is 1. The monoisotopic (exact) mass is 278 g/mol. The van der Waals surface area contributed by atoms with Gasteiger partial charge in [0.25, 0.3) is 0 Å². The lowest BCUT2D eigenvalue weighted by Crippen LogP contribution is -2.22. The van der Waals surface area contributed by atoms with Crippen LogP contribution in [-0.2, 0) is 4.74 Å². The first kappa shape index (κ1) is 14.7. The van der Waals surface area contributed by atoms with Crippen LogP contribution in [0, 0.1) is 0 Å². The Balaban J connectivity index is 1.79. The first-order valence-corrected chi connectivity index (χ1v) is 7.03. The van der Waals surface area contributed by atoms with Crippen molar-refractivity contribution in [3.05, 3.63) is 23.8 Å². The van der Waals surface area contributed by atoms with Gasteiger partial charge in [0, 0.05) is 6.54 Å². The summed E-state index contributed by atoms with van der Waals surface area (Å²) in [5, 5.41) is 0. The zero-order valence-corrected chi connectivity index (χ0v) is 11.9. The van der Waals surface area contributed by atoms with Crippen LogP contribution in [0.2, 0.25) is 0 Å². The van der Waals surface area contributed by atoms with Crippen molar-refractivity contribution >= 4 is 11.7 Å². The molecule has 1 aromatic carbocycles. The normalized spacial score (nSPS) is 15.2. The van der Waals surface area contributed by atoms with E-state index in [-0.39, 0.29) is 0 Å². The van der Waals surface area contributed by atoms with Crippen molar-refractivity contribution in [2.24, 2.45) is 0 Å². The highest BCUT2D eigenvalue weighted by Gasteiger charge is 2.11. The Labute approximate surface area is 119 Å². The maximum Gasteiger partial charge on any atom is 0.337 e. The number of esters is 1. The van der Waals surface area contributed by atoms with Crippen molar-refractivity contribution in [1.29, 1.82) is 0 Å². The molecule has 110 valence electrons. The summed E-state index contributed by atoms with van der Waals surface area (Å²) in [6.45, 7) is 4.12. The number of hydrogen-bond donors (Lipinski definition) is 1. The predicted octanol–water partition coefficient (Wildman–Crippen LogP) is 1.92. The Morgan fingerprint density at radius 3 is 2.75 bits per heavy atom. The first-order chi connectivity index (χ1) is 9.70. The number of carbonyl (C=O) groups is 1. The van der Waals surface area contributed by atoms with Gasteiger partial charge in [-0.3, -0.25) is 0 Å². The van der Waals surface area contributed by atoms with Gasteiger partial charge in [-0.15, -0.1) is 0 Å². The van der Waals surface area contributed by atoms with Crippen LogP contribution in [0.4, 0.5) is 5.69 Å². The summed E-state index contributed by atoms with van der Waals surface area (Å²) in [4.78, 5) is 13.8. The minimum Gasteiger partial charge on any atom is -0.491 e. The molecule has 20 heavy (non-hydrogen) atoms. The summed E-state index contributed by atoms with van der Waals surface area (Å²) in [7, 11) is 1.35. The fourth-order valence-electron chi connectivity index (χ4n) is 2.40. The number of anilines is 1. The van der Waals surface area contributed by atoms with E-state index in [1.54, 1.807) is 18.2 Å². The highest BCUT2D eigenvalue weighted by molar-refractivity contribution is 5.90. The molecular formula is C15H22N2O3. The van der Waals surface area contributed by atoms with Crippen LogP contribution in [0.3, 0.4) is 0 Å². The highest BCUT2D eigenvalue weighted by Crippen LogP contribution is 2.23. The molecule has 1 aliphatic rings. The smallest absolute Gasteiger partial charge is 0.337 e. The molecule has 0 spiro atoms. The third-order valence-corrected chi connectivity index (χ3v) is 3.51. The van der Waals surface area contributed by atoms with Crippen molar-refractivity contribution in [3.8, 4) is 5.75 Å². The average molecular weight is 278 g/mol. The summed E-state index contributed by atoms with van der Waals surface area (Å²) in [5.74, 6) is 0.233. The molecule has 2 N–H and O–H groups in total. The summed E-state index contributed by atoms with van der Waals surface area (Å²) in [6.07, 6.45) is 3.60. The van der Waals surface area contributed by atoms with E-state index >= 15 is 0 Å². The summed E-state index contributed by atoms with van der Waals surface area (Å²) in [6, 6.07) is 4.97. The van der Waals surface area contributed by atoms with Gasteiger partial charge in [-0.1, -0.05) is 0 Å². The molecule has 5 nitrogen and oxygen atoms in total. The maximum atomic E-state index is 11.4. The Bertz CT molecular complexity index is 456. The lowest BCUT2D eigenvalue weighted by molar-refractivity contribution is 0.0601. The maximum absolute atomic E-state index is 11.4. The van der Waals surface area contributed by atoms with Crippen molar-refractivity contribution in [3.63, 3.8) is 0 Å². The van der Waals surface area contributed by atoms with Gasteiger partial charge in [-0.25, -0.2) is 4.79 Å². The SMILES string of the molecule is COC(=O)c1ccc(OCCCN2CCCC2)c(N)c1. The zero-order valence-electron chi connectivity index (χ0n) is 11.9. The number of ether oxygens (including phenoxy) is 2. The Kier molecular flexibility index (Phi) is 5.24. The van der Waals surface area contributed by atoms with Crippen LogP contribution in [0.15, 0.2) is 18.2 Å². The van der Waals surface area contributed by atoms with Gasteiger partial charge in [0.05, 0.1) is 25.0 Å². The quantitative estimate of drug-likeness (QED) is 0.489. The van der Waals surface area contributed by atoms with E-state index in [1.165, 1.54) is 33.0 Å². The second-order valence-electron chi connectivity index (χ2n) is 4.99. The standard InChI is InChI=1S/C15H22N2O3/c1-19-15(18)12-5-6-14(13(16)11-12)20-10-4-9-17-7-2-3-8-17/h5-6,11H,2-4,7-10,16H2,1H3. The molecule has 0 amide bonds. The molecule has 0 saturated carbocycles.